The summed E-state index contributed by atoms with van der Waals surface area (Å²) in [5.74, 6) is 0. The standard InChI is InChI=1S/C9H18O2/c1-7(2)11-9-6-4-3-5-8(9)10/h7-10H,3-6H2,1-2H3/t8-,9+/m1/s1. The van der Waals surface area contributed by atoms with Crippen LogP contribution in [0.15, 0.2) is 0 Å². The zero-order valence-corrected chi connectivity index (χ0v) is 7.42. The van der Waals surface area contributed by atoms with Crippen LogP contribution in [0.5, 0.6) is 0 Å². The first kappa shape index (κ1) is 9.01. The molecule has 2 nitrogen and oxygen atoms in total. The van der Waals surface area contributed by atoms with Gasteiger partial charge in [0.25, 0.3) is 0 Å². The fourth-order valence-electron chi connectivity index (χ4n) is 1.59. The minimum atomic E-state index is -0.217. The van der Waals surface area contributed by atoms with Crippen LogP contribution in [0.4, 0.5) is 0 Å². The van der Waals surface area contributed by atoms with E-state index in [1.54, 1.807) is 0 Å². The van der Waals surface area contributed by atoms with Gasteiger partial charge >= 0.3 is 0 Å². The third-order valence-corrected chi connectivity index (χ3v) is 2.11. The quantitative estimate of drug-likeness (QED) is 0.663. The van der Waals surface area contributed by atoms with Crippen LogP contribution in [0, 0.1) is 0 Å². The number of hydrogen-bond acceptors (Lipinski definition) is 2. The van der Waals surface area contributed by atoms with Crippen LogP contribution in [-0.2, 0) is 4.74 Å². The molecule has 0 unspecified atom stereocenters. The fraction of sp³-hybridized carbons (Fsp3) is 1.00. The molecule has 0 heterocycles. The molecule has 0 aromatic heterocycles. The Labute approximate surface area is 68.6 Å². The van der Waals surface area contributed by atoms with E-state index in [1.165, 1.54) is 6.42 Å². The largest absolute Gasteiger partial charge is 0.390 e. The molecule has 1 N–H and O–H groups in total. The molecule has 2 heteroatoms. The minimum Gasteiger partial charge on any atom is -0.390 e. The Morgan fingerprint density at radius 3 is 2.45 bits per heavy atom. The predicted octanol–water partition coefficient (Wildman–Crippen LogP) is 1.71. The Bertz CT molecular complexity index is 112. The van der Waals surface area contributed by atoms with Gasteiger partial charge in [0.05, 0.1) is 18.3 Å². The second-order valence-electron chi connectivity index (χ2n) is 3.58. The Balaban J connectivity index is 2.29. The summed E-state index contributed by atoms with van der Waals surface area (Å²) in [6.07, 6.45) is 4.42. The molecule has 0 spiro atoms. The Morgan fingerprint density at radius 1 is 1.27 bits per heavy atom. The van der Waals surface area contributed by atoms with Crippen molar-refractivity contribution < 1.29 is 9.84 Å². The number of ether oxygens (including phenoxy) is 1. The van der Waals surface area contributed by atoms with Crippen molar-refractivity contribution in [1.82, 2.24) is 0 Å². The topological polar surface area (TPSA) is 29.5 Å². The van der Waals surface area contributed by atoms with Crippen molar-refractivity contribution in [1.29, 1.82) is 0 Å². The summed E-state index contributed by atoms with van der Waals surface area (Å²) in [5, 5.41) is 9.49. The van der Waals surface area contributed by atoms with Gasteiger partial charge in [-0.15, -0.1) is 0 Å². The van der Waals surface area contributed by atoms with Gasteiger partial charge in [0.15, 0.2) is 0 Å². The van der Waals surface area contributed by atoms with Crippen LogP contribution in [0.3, 0.4) is 0 Å². The first-order valence-corrected chi connectivity index (χ1v) is 4.53. The first-order valence-electron chi connectivity index (χ1n) is 4.53. The SMILES string of the molecule is CC(C)O[C@H]1CCCC[C@H]1O. The molecule has 11 heavy (non-hydrogen) atoms. The van der Waals surface area contributed by atoms with Crippen molar-refractivity contribution in [2.45, 2.75) is 57.8 Å². The van der Waals surface area contributed by atoms with Crippen molar-refractivity contribution in [3.63, 3.8) is 0 Å². The molecular formula is C9H18O2. The normalized spacial score (nSPS) is 32.7. The van der Waals surface area contributed by atoms with E-state index < -0.39 is 0 Å². The van der Waals surface area contributed by atoms with Crippen molar-refractivity contribution in [2.75, 3.05) is 0 Å². The monoisotopic (exact) mass is 158 g/mol. The van der Waals surface area contributed by atoms with E-state index in [4.69, 9.17) is 4.74 Å². The van der Waals surface area contributed by atoms with Gasteiger partial charge in [-0.1, -0.05) is 12.8 Å². The summed E-state index contributed by atoms with van der Waals surface area (Å²) < 4.78 is 5.55. The van der Waals surface area contributed by atoms with Crippen LogP contribution < -0.4 is 0 Å². The molecule has 0 aromatic carbocycles. The van der Waals surface area contributed by atoms with Gasteiger partial charge in [0.2, 0.25) is 0 Å². The number of aliphatic hydroxyl groups is 1. The second-order valence-corrected chi connectivity index (χ2v) is 3.58. The van der Waals surface area contributed by atoms with Crippen molar-refractivity contribution in [3.8, 4) is 0 Å². The van der Waals surface area contributed by atoms with Gasteiger partial charge in [0.1, 0.15) is 0 Å². The van der Waals surface area contributed by atoms with Crippen LogP contribution in [0.2, 0.25) is 0 Å². The summed E-state index contributed by atoms with van der Waals surface area (Å²) in [5.41, 5.74) is 0. The smallest absolute Gasteiger partial charge is 0.0837 e. The third-order valence-electron chi connectivity index (χ3n) is 2.11. The highest BCUT2D eigenvalue weighted by atomic mass is 16.5. The van der Waals surface area contributed by atoms with Crippen LogP contribution in [-0.4, -0.2) is 23.4 Å². The van der Waals surface area contributed by atoms with Crippen LogP contribution in [0.1, 0.15) is 39.5 Å². The molecule has 2 atom stereocenters. The molecule has 0 bridgehead atoms. The van der Waals surface area contributed by atoms with Crippen molar-refractivity contribution in [2.24, 2.45) is 0 Å². The molecule has 0 amide bonds. The molecule has 1 fully saturated rings. The molecule has 0 aromatic rings. The van der Waals surface area contributed by atoms with Gasteiger partial charge in [-0.3, -0.25) is 0 Å². The summed E-state index contributed by atoms with van der Waals surface area (Å²) in [7, 11) is 0. The average Bonchev–Trinajstić information content (AvgIpc) is 1.93. The Kier molecular flexibility index (Phi) is 3.34. The zero-order valence-electron chi connectivity index (χ0n) is 7.42. The number of rotatable bonds is 2. The lowest BCUT2D eigenvalue weighted by Crippen LogP contribution is -2.34. The molecule has 1 rings (SSSR count). The highest BCUT2D eigenvalue weighted by molar-refractivity contribution is 4.75. The van der Waals surface area contributed by atoms with Gasteiger partial charge in [-0.25, -0.2) is 0 Å². The molecule has 0 saturated heterocycles. The van der Waals surface area contributed by atoms with E-state index in [0.717, 1.165) is 19.3 Å². The van der Waals surface area contributed by atoms with Gasteiger partial charge < -0.3 is 9.84 Å². The maximum atomic E-state index is 9.49. The highest BCUT2D eigenvalue weighted by Crippen LogP contribution is 2.21. The van der Waals surface area contributed by atoms with E-state index in [9.17, 15) is 5.11 Å². The lowest BCUT2D eigenvalue weighted by Gasteiger charge is -2.29. The lowest BCUT2D eigenvalue weighted by molar-refractivity contribution is -0.0829. The maximum absolute atomic E-state index is 9.49. The summed E-state index contributed by atoms with van der Waals surface area (Å²) in [6.45, 7) is 4.03. The molecule has 1 aliphatic carbocycles. The minimum absolute atomic E-state index is 0.101. The first-order chi connectivity index (χ1) is 5.20. The summed E-state index contributed by atoms with van der Waals surface area (Å²) in [6, 6.07) is 0. The van der Waals surface area contributed by atoms with Crippen LogP contribution in [0.25, 0.3) is 0 Å². The van der Waals surface area contributed by atoms with Gasteiger partial charge in [0, 0.05) is 0 Å². The Hall–Kier alpha value is -0.0800. The number of hydrogen-bond donors (Lipinski definition) is 1. The van der Waals surface area contributed by atoms with E-state index in [0.29, 0.717) is 0 Å². The third kappa shape index (κ3) is 2.80. The Morgan fingerprint density at radius 2 is 1.91 bits per heavy atom. The lowest BCUT2D eigenvalue weighted by atomic mass is 9.95. The molecule has 1 aliphatic rings. The average molecular weight is 158 g/mol. The molecule has 0 radical (unpaired) electrons. The maximum Gasteiger partial charge on any atom is 0.0837 e. The molecular weight excluding hydrogens is 140 g/mol. The van der Waals surface area contributed by atoms with E-state index in [2.05, 4.69) is 0 Å². The molecule has 0 aliphatic heterocycles. The number of aliphatic hydroxyl groups excluding tert-OH is 1. The summed E-state index contributed by atoms with van der Waals surface area (Å²) >= 11 is 0. The van der Waals surface area contributed by atoms with E-state index in [-0.39, 0.29) is 18.3 Å². The fourth-order valence-corrected chi connectivity index (χ4v) is 1.59. The molecule has 1 saturated carbocycles. The van der Waals surface area contributed by atoms with E-state index >= 15 is 0 Å². The van der Waals surface area contributed by atoms with Gasteiger partial charge in [-0.05, 0) is 26.7 Å². The summed E-state index contributed by atoms with van der Waals surface area (Å²) in [4.78, 5) is 0. The van der Waals surface area contributed by atoms with Crippen LogP contribution >= 0.6 is 0 Å². The predicted molar refractivity (Wildman–Crippen MR) is 44.5 cm³/mol. The second kappa shape index (κ2) is 4.07. The van der Waals surface area contributed by atoms with Crippen molar-refractivity contribution >= 4 is 0 Å². The highest BCUT2D eigenvalue weighted by Gasteiger charge is 2.23. The van der Waals surface area contributed by atoms with Crippen molar-refractivity contribution in [3.05, 3.63) is 0 Å². The van der Waals surface area contributed by atoms with E-state index in [1.807, 2.05) is 13.8 Å². The molecule has 66 valence electrons. The zero-order chi connectivity index (χ0) is 8.27. The van der Waals surface area contributed by atoms with Gasteiger partial charge in [-0.2, -0.15) is 0 Å².